The topological polar surface area (TPSA) is 53.8 Å². The second-order valence-corrected chi connectivity index (χ2v) is 7.20. The molecule has 3 rings (SSSR count). The Bertz CT molecular complexity index is 711. The van der Waals surface area contributed by atoms with E-state index in [1.54, 1.807) is 17.6 Å². The monoisotopic (exact) mass is 349 g/mol. The molecule has 1 aromatic heterocycles. The molecule has 0 aliphatic carbocycles. The van der Waals surface area contributed by atoms with Crippen LogP contribution in [0.5, 0.6) is 0 Å². The zero-order chi connectivity index (χ0) is 15.4. The van der Waals surface area contributed by atoms with Crippen molar-refractivity contribution >= 4 is 52.0 Å². The van der Waals surface area contributed by atoms with Crippen molar-refractivity contribution in [2.24, 2.45) is 10.2 Å². The number of carbonyl (C=O) groups is 1. The number of thiophene rings is 1. The van der Waals surface area contributed by atoms with Gasteiger partial charge in [0.1, 0.15) is 0 Å². The number of benzene rings is 1. The Morgan fingerprint density at radius 1 is 1.27 bits per heavy atom. The van der Waals surface area contributed by atoms with Crippen LogP contribution in [0.4, 0.5) is 0 Å². The van der Waals surface area contributed by atoms with E-state index in [1.165, 1.54) is 11.8 Å². The number of halogens is 1. The molecule has 2 aromatic rings. The zero-order valence-corrected chi connectivity index (χ0v) is 13.8. The summed E-state index contributed by atoms with van der Waals surface area (Å²) in [6.45, 7) is 0. The number of amidine groups is 1. The van der Waals surface area contributed by atoms with Crippen LogP contribution in [0, 0.1) is 0 Å². The summed E-state index contributed by atoms with van der Waals surface area (Å²) in [5.74, 6) is -0.0370. The molecule has 1 aliphatic heterocycles. The fourth-order valence-corrected chi connectivity index (χ4v) is 3.59. The summed E-state index contributed by atoms with van der Waals surface area (Å²) >= 11 is 8.85. The van der Waals surface area contributed by atoms with Crippen LogP contribution >= 0.6 is 34.7 Å². The van der Waals surface area contributed by atoms with Crippen molar-refractivity contribution in [1.82, 2.24) is 5.32 Å². The molecule has 1 aliphatic rings. The first-order valence-corrected chi connectivity index (χ1v) is 8.71. The molecule has 1 N–H and O–H groups in total. The van der Waals surface area contributed by atoms with Gasteiger partial charge in [-0.25, -0.2) is 0 Å². The number of amides is 1. The quantitative estimate of drug-likeness (QED) is 0.677. The maximum absolute atomic E-state index is 12.0. The van der Waals surface area contributed by atoms with Gasteiger partial charge in [0, 0.05) is 9.90 Å². The maximum Gasteiger partial charge on any atom is 0.239 e. The Labute approximate surface area is 141 Å². The minimum atomic E-state index is -0.183. The fourth-order valence-electron chi connectivity index (χ4n) is 1.92. The van der Waals surface area contributed by atoms with E-state index in [-0.39, 0.29) is 11.2 Å². The van der Waals surface area contributed by atoms with Gasteiger partial charge in [-0.1, -0.05) is 41.6 Å². The van der Waals surface area contributed by atoms with Gasteiger partial charge in [0.15, 0.2) is 5.17 Å². The van der Waals surface area contributed by atoms with Crippen molar-refractivity contribution in [3.05, 3.63) is 57.2 Å². The largest absolute Gasteiger partial charge is 0.303 e. The first-order valence-electron chi connectivity index (χ1n) is 6.57. The molecule has 0 bridgehead atoms. The third-order valence-corrected chi connectivity index (χ3v) is 5.12. The van der Waals surface area contributed by atoms with E-state index in [2.05, 4.69) is 15.5 Å². The number of rotatable bonds is 4. The van der Waals surface area contributed by atoms with Crippen molar-refractivity contribution in [3.63, 3.8) is 0 Å². The van der Waals surface area contributed by atoms with Gasteiger partial charge in [-0.05, 0) is 35.6 Å². The lowest BCUT2D eigenvalue weighted by molar-refractivity contribution is -0.118. The summed E-state index contributed by atoms with van der Waals surface area (Å²) in [5, 5.41) is 13.8. The molecule has 1 saturated heterocycles. The van der Waals surface area contributed by atoms with E-state index in [0.717, 1.165) is 10.4 Å². The van der Waals surface area contributed by atoms with Gasteiger partial charge in [-0.15, -0.1) is 16.4 Å². The predicted octanol–water partition coefficient (Wildman–Crippen LogP) is 3.57. The molecule has 0 saturated carbocycles. The molecule has 0 radical (unpaired) electrons. The van der Waals surface area contributed by atoms with Gasteiger partial charge in [0.25, 0.3) is 0 Å². The van der Waals surface area contributed by atoms with Gasteiger partial charge in [0.05, 0.1) is 11.5 Å². The summed E-state index contributed by atoms with van der Waals surface area (Å²) < 4.78 is 0. The van der Waals surface area contributed by atoms with E-state index < -0.39 is 0 Å². The summed E-state index contributed by atoms with van der Waals surface area (Å²) in [6.07, 6.45) is 2.32. The van der Waals surface area contributed by atoms with Crippen LogP contribution in [0.3, 0.4) is 0 Å². The highest BCUT2D eigenvalue weighted by atomic mass is 35.5. The normalized spacial score (nSPS) is 20.0. The number of carbonyl (C=O) groups excluding carboxylic acids is 1. The van der Waals surface area contributed by atoms with Crippen LogP contribution in [0.2, 0.25) is 5.02 Å². The number of nitrogens with zero attached hydrogens (tertiary/aromatic N) is 2. The van der Waals surface area contributed by atoms with Crippen molar-refractivity contribution in [2.45, 2.75) is 11.7 Å². The Kier molecular flexibility index (Phi) is 4.92. The first-order chi connectivity index (χ1) is 10.7. The Hall–Kier alpha value is -1.63. The predicted molar refractivity (Wildman–Crippen MR) is 94.0 cm³/mol. The van der Waals surface area contributed by atoms with Crippen LogP contribution < -0.4 is 5.32 Å². The molecular weight excluding hydrogens is 338 g/mol. The van der Waals surface area contributed by atoms with Crippen LogP contribution in [0.25, 0.3) is 0 Å². The van der Waals surface area contributed by atoms with Crippen molar-refractivity contribution in [1.29, 1.82) is 0 Å². The van der Waals surface area contributed by atoms with Crippen molar-refractivity contribution < 1.29 is 4.79 Å². The van der Waals surface area contributed by atoms with Gasteiger partial charge in [-0.3, -0.25) is 4.79 Å². The lowest BCUT2D eigenvalue weighted by Gasteiger charge is -2.05. The van der Waals surface area contributed by atoms with Crippen LogP contribution in [0.15, 0.2) is 52.0 Å². The molecule has 1 fully saturated rings. The molecule has 1 aromatic carbocycles. The van der Waals surface area contributed by atoms with Crippen LogP contribution in [-0.4, -0.2) is 22.5 Å². The summed E-state index contributed by atoms with van der Waals surface area (Å²) in [5.41, 5.74) is 1.07. The van der Waals surface area contributed by atoms with Crippen molar-refractivity contribution in [3.8, 4) is 0 Å². The minimum absolute atomic E-state index is 0.0370. The van der Waals surface area contributed by atoms with Crippen LogP contribution in [0.1, 0.15) is 10.4 Å². The van der Waals surface area contributed by atoms with E-state index in [1.807, 2.05) is 41.8 Å². The highest BCUT2D eigenvalue weighted by Crippen LogP contribution is 2.24. The van der Waals surface area contributed by atoms with Gasteiger partial charge in [0.2, 0.25) is 5.91 Å². The smallest absolute Gasteiger partial charge is 0.239 e. The third kappa shape index (κ3) is 3.97. The molecular formula is C15H12ClN3OS2. The molecule has 2 heterocycles. The molecule has 0 unspecified atom stereocenters. The Balaban J connectivity index is 1.61. The molecule has 1 amide bonds. The van der Waals surface area contributed by atoms with E-state index in [4.69, 9.17) is 11.6 Å². The molecule has 22 heavy (non-hydrogen) atoms. The SMILES string of the molecule is O=C1N/C(=N\N=C/c2cccs2)S[C@H]1Cc1ccc(Cl)cc1. The standard InChI is InChI=1S/C15H12ClN3OS2/c16-11-5-3-10(4-6-11)8-13-14(20)18-15(22-13)19-17-9-12-2-1-7-21-12/h1-7,9,13H,8H2,(H,18,19,20)/b17-9-/t13-/m0/s1. The first kappa shape index (κ1) is 15.3. The Morgan fingerprint density at radius 3 is 2.82 bits per heavy atom. The maximum atomic E-state index is 12.0. The molecule has 1 atom stereocenters. The summed E-state index contributed by atoms with van der Waals surface area (Å²) in [6, 6.07) is 11.4. The second kappa shape index (κ2) is 7.09. The third-order valence-electron chi connectivity index (χ3n) is 2.99. The fraction of sp³-hybridized carbons (Fsp3) is 0.133. The van der Waals surface area contributed by atoms with E-state index >= 15 is 0 Å². The average molecular weight is 350 g/mol. The lowest BCUT2D eigenvalue weighted by atomic mass is 10.1. The lowest BCUT2D eigenvalue weighted by Crippen LogP contribution is -2.25. The highest BCUT2D eigenvalue weighted by molar-refractivity contribution is 8.15. The molecule has 112 valence electrons. The number of nitrogens with one attached hydrogen (secondary N) is 1. The van der Waals surface area contributed by atoms with Gasteiger partial charge < -0.3 is 5.32 Å². The van der Waals surface area contributed by atoms with Crippen molar-refractivity contribution in [2.75, 3.05) is 0 Å². The number of thioether (sulfide) groups is 1. The molecule has 7 heteroatoms. The average Bonchev–Trinajstić information content (AvgIpc) is 3.12. The zero-order valence-electron chi connectivity index (χ0n) is 11.4. The van der Waals surface area contributed by atoms with Gasteiger partial charge in [-0.2, -0.15) is 5.10 Å². The molecule has 0 spiro atoms. The number of hydrogen-bond acceptors (Lipinski definition) is 5. The van der Waals surface area contributed by atoms with E-state index in [0.29, 0.717) is 16.6 Å². The summed E-state index contributed by atoms with van der Waals surface area (Å²) in [7, 11) is 0. The number of hydrogen-bond donors (Lipinski definition) is 1. The minimum Gasteiger partial charge on any atom is -0.303 e. The highest BCUT2D eigenvalue weighted by Gasteiger charge is 2.30. The second-order valence-electron chi connectivity index (χ2n) is 4.59. The summed E-state index contributed by atoms with van der Waals surface area (Å²) in [4.78, 5) is 13.0. The van der Waals surface area contributed by atoms with Gasteiger partial charge >= 0.3 is 0 Å². The Morgan fingerprint density at radius 2 is 2.09 bits per heavy atom. The molecule has 4 nitrogen and oxygen atoms in total. The van der Waals surface area contributed by atoms with Crippen LogP contribution in [-0.2, 0) is 11.2 Å². The van der Waals surface area contributed by atoms with E-state index in [9.17, 15) is 4.79 Å².